The van der Waals surface area contributed by atoms with E-state index in [4.69, 9.17) is 0 Å². The Morgan fingerprint density at radius 3 is 2.56 bits per heavy atom. The van der Waals surface area contributed by atoms with Gasteiger partial charge in [-0.2, -0.15) is 14.4 Å². The average molecular weight is 468 g/mol. The van der Waals surface area contributed by atoms with Crippen molar-refractivity contribution in [1.82, 2.24) is 24.5 Å². The average Bonchev–Trinajstić information content (AvgIpc) is 3.18. The van der Waals surface area contributed by atoms with E-state index < -0.39 is 22.4 Å². The summed E-state index contributed by atoms with van der Waals surface area (Å²) in [6.45, 7) is 2.94. The number of piperidine rings is 2. The van der Waals surface area contributed by atoms with Crippen molar-refractivity contribution in [3.8, 4) is 0 Å². The van der Waals surface area contributed by atoms with E-state index in [9.17, 15) is 17.9 Å². The Morgan fingerprint density at radius 1 is 1.31 bits per heavy atom. The van der Waals surface area contributed by atoms with Gasteiger partial charge in [-0.3, -0.25) is 5.10 Å². The number of fused-ring (bicyclic) bond motifs is 2. The number of H-pyrrole nitrogens is 1. The summed E-state index contributed by atoms with van der Waals surface area (Å²) in [5, 5.41) is 19.3. The molecule has 32 heavy (non-hydrogen) atoms. The number of halogens is 1. The molecule has 0 saturated carbocycles. The molecule has 0 aromatic carbocycles. The molecule has 2 aliphatic heterocycles. The number of aliphatic hydroxyl groups excluding tert-OH is 1. The Balaban J connectivity index is 1.60. The number of aliphatic hydroxyl groups is 1. The second-order valence-electron chi connectivity index (χ2n) is 8.56. The molecule has 10 nitrogen and oxygen atoms in total. The summed E-state index contributed by atoms with van der Waals surface area (Å²) in [4.78, 5) is 10.5. The van der Waals surface area contributed by atoms with Gasteiger partial charge >= 0.3 is 0 Å². The monoisotopic (exact) mass is 467 g/mol. The number of nitrogens with one attached hydrogen (secondary N) is 2. The minimum atomic E-state index is -3.27. The van der Waals surface area contributed by atoms with E-state index in [0.717, 1.165) is 25.0 Å². The van der Waals surface area contributed by atoms with Crippen LogP contribution in [0.3, 0.4) is 0 Å². The van der Waals surface area contributed by atoms with Gasteiger partial charge in [-0.05, 0) is 39.5 Å². The van der Waals surface area contributed by atoms with Crippen LogP contribution in [0.5, 0.6) is 0 Å². The van der Waals surface area contributed by atoms with E-state index in [1.807, 2.05) is 18.9 Å². The highest BCUT2D eigenvalue weighted by Gasteiger charge is 2.45. The number of nitrogens with zero attached hydrogens (tertiary/aromatic N) is 5. The molecule has 2 saturated heterocycles. The number of aromatic nitrogens is 4. The van der Waals surface area contributed by atoms with Crippen LogP contribution in [0.4, 0.5) is 22.0 Å². The third-order valence-corrected chi connectivity index (χ3v) is 8.41. The number of aromatic amines is 1. The molecule has 2 bridgehead atoms. The Morgan fingerprint density at radius 2 is 2.00 bits per heavy atom. The van der Waals surface area contributed by atoms with Crippen LogP contribution in [0, 0.1) is 12.7 Å². The molecule has 2 aromatic rings. The SMILES string of the molecule is CCS(=O)(=O)N1[C@@H]2CCC[C@H]1CC(N(C)c1nc(CO)c(F)c(Nc3cc(C)[nH]n3)n1)C2. The van der Waals surface area contributed by atoms with Crippen molar-refractivity contribution in [3.05, 3.63) is 23.3 Å². The summed E-state index contributed by atoms with van der Waals surface area (Å²) in [7, 11) is -1.43. The molecule has 0 amide bonds. The Labute approximate surface area is 187 Å². The van der Waals surface area contributed by atoms with Crippen LogP contribution in [0.2, 0.25) is 0 Å². The highest BCUT2D eigenvalue weighted by Crippen LogP contribution is 2.38. The fourth-order valence-corrected chi connectivity index (χ4v) is 6.41. The van der Waals surface area contributed by atoms with Crippen LogP contribution in [0.25, 0.3) is 0 Å². The van der Waals surface area contributed by atoms with Crippen LogP contribution in [-0.4, -0.2) is 68.9 Å². The lowest BCUT2D eigenvalue weighted by Gasteiger charge is -2.49. The van der Waals surface area contributed by atoms with Gasteiger partial charge in [0.1, 0.15) is 5.69 Å². The number of sulfonamides is 1. The second kappa shape index (κ2) is 8.91. The van der Waals surface area contributed by atoms with E-state index in [0.29, 0.717) is 18.7 Å². The first-order valence-electron chi connectivity index (χ1n) is 10.9. The second-order valence-corrected chi connectivity index (χ2v) is 10.7. The highest BCUT2D eigenvalue weighted by molar-refractivity contribution is 7.89. The van der Waals surface area contributed by atoms with Crippen LogP contribution in [0.15, 0.2) is 6.07 Å². The van der Waals surface area contributed by atoms with Crippen molar-refractivity contribution in [2.24, 2.45) is 0 Å². The molecule has 4 rings (SSSR count). The zero-order valence-electron chi connectivity index (χ0n) is 18.5. The molecule has 2 aliphatic rings. The lowest BCUT2D eigenvalue weighted by atomic mass is 9.83. The van der Waals surface area contributed by atoms with E-state index >= 15 is 0 Å². The van der Waals surface area contributed by atoms with Gasteiger partial charge in [0, 0.05) is 36.9 Å². The lowest BCUT2D eigenvalue weighted by molar-refractivity contribution is 0.109. The molecule has 4 heterocycles. The maximum absolute atomic E-state index is 14.8. The predicted octanol–water partition coefficient (Wildman–Crippen LogP) is 2.05. The van der Waals surface area contributed by atoms with E-state index in [-0.39, 0.29) is 41.3 Å². The topological polar surface area (TPSA) is 127 Å². The third kappa shape index (κ3) is 4.30. The van der Waals surface area contributed by atoms with Gasteiger partial charge in [0.2, 0.25) is 16.0 Å². The van der Waals surface area contributed by atoms with Crippen LogP contribution >= 0.6 is 0 Å². The molecular formula is C20H30FN7O3S. The molecule has 0 spiro atoms. The van der Waals surface area contributed by atoms with Crippen molar-refractivity contribution in [1.29, 1.82) is 0 Å². The van der Waals surface area contributed by atoms with Crippen molar-refractivity contribution in [2.45, 2.75) is 70.7 Å². The van der Waals surface area contributed by atoms with Gasteiger partial charge in [-0.1, -0.05) is 6.42 Å². The maximum atomic E-state index is 14.8. The third-order valence-electron chi connectivity index (χ3n) is 6.44. The summed E-state index contributed by atoms with van der Waals surface area (Å²) in [6, 6.07) is 1.62. The zero-order chi connectivity index (χ0) is 23.0. The van der Waals surface area contributed by atoms with Gasteiger partial charge in [0.25, 0.3) is 0 Å². The summed E-state index contributed by atoms with van der Waals surface area (Å²) in [6.07, 6.45) is 3.99. The Kier molecular flexibility index (Phi) is 6.37. The smallest absolute Gasteiger partial charge is 0.227 e. The summed E-state index contributed by atoms with van der Waals surface area (Å²) in [5.74, 6) is -0.0109. The van der Waals surface area contributed by atoms with Crippen LogP contribution < -0.4 is 10.2 Å². The first-order chi connectivity index (χ1) is 15.2. The molecule has 176 valence electrons. The summed E-state index contributed by atoms with van der Waals surface area (Å²) in [5.41, 5.74) is 0.699. The minimum Gasteiger partial charge on any atom is -0.390 e. The fraction of sp³-hybridized carbons (Fsp3) is 0.650. The van der Waals surface area contributed by atoms with Crippen molar-refractivity contribution < 1.29 is 17.9 Å². The predicted molar refractivity (Wildman–Crippen MR) is 119 cm³/mol. The standard InChI is InChI=1S/C20H30FN7O3S/c1-4-32(30,31)28-13-6-5-7-14(28)10-15(9-13)27(3)20-22-16(11-29)18(21)19(24-20)23-17-8-12(2)25-26-17/h8,13-15,29H,4-7,9-11H2,1-3H3,(H2,22,23,24,25,26)/t13-,14+,15?. The highest BCUT2D eigenvalue weighted by atomic mass is 32.2. The maximum Gasteiger partial charge on any atom is 0.227 e. The van der Waals surface area contributed by atoms with Gasteiger partial charge < -0.3 is 15.3 Å². The zero-order valence-corrected chi connectivity index (χ0v) is 19.4. The molecule has 0 aliphatic carbocycles. The first kappa shape index (κ1) is 22.9. The van der Waals surface area contributed by atoms with Gasteiger partial charge in [-0.25, -0.2) is 17.8 Å². The molecule has 3 atom stereocenters. The van der Waals surface area contributed by atoms with Crippen molar-refractivity contribution >= 4 is 27.6 Å². The quantitative estimate of drug-likeness (QED) is 0.565. The number of hydrogen-bond acceptors (Lipinski definition) is 8. The van der Waals surface area contributed by atoms with E-state index in [2.05, 4.69) is 25.5 Å². The van der Waals surface area contributed by atoms with Crippen LogP contribution in [0.1, 0.15) is 50.4 Å². The Bertz CT molecular complexity index is 1060. The van der Waals surface area contributed by atoms with Crippen LogP contribution in [-0.2, 0) is 16.6 Å². The van der Waals surface area contributed by atoms with E-state index in [1.165, 1.54) is 0 Å². The molecule has 12 heteroatoms. The van der Waals surface area contributed by atoms with Gasteiger partial charge in [0.05, 0.1) is 12.4 Å². The molecule has 0 radical (unpaired) electrons. The summed E-state index contributed by atoms with van der Waals surface area (Å²) >= 11 is 0. The first-order valence-corrected chi connectivity index (χ1v) is 12.5. The molecular weight excluding hydrogens is 437 g/mol. The number of aryl methyl sites for hydroxylation is 1. The van der Waals surface area contributed by atoms with Gasteiger partial charge in [0.15, 0.2) is 17.5 Å². The largest absolute Gasteiger partial charge is 0.390 e. The van der Waals surface area contributed by atoms with Gasteiger partial charge in [-0.15, -0.1) is 0 Å². The normalized spacial score (nSPS) is 23.8. The molecule has 2 aromatic heterocycles. The molecule has 3 N–H and O–H groups in total. The number of rotatable bonds is 7. The summed E-state index contributed by atoms with van der Waals surface area (Å²) < 4.78 is 41.8. The van der Waals surface area contributed by atoms with Crippen molar-refractivity contribution in [2.75, 3.05) is 23.0 Å². The lowest BCUT2D eigenvalue weighted by Crippen LogP contribution is -2.58. The van der Waals surface area contributed by atoms with E-state index in [1.54, 1.807) is 17.3 Å². The Hall–Kier alpha value is -2.31. The van der Waals surface area contributed by atoms with Crippen molar-refractivity contribution in [3.63, 3.8) is 0 Å². The minimum absolute atomic E-state index is 0.00564. The molecule has 2 fully saturated rings. The molecule has 1 unspecified atom stereocenters. The number of hydrogen-bond donors (Lipinski definition) is 3. The fourth-order valence-electron chi connectivity index (χ4n) is 4.82. The number of anilines is 3.